The molecule has 0 spiro atoms. The first-order valence-electron chi connectivity index (χ1n) is 5.22. The highest BCUT2D eigenvalue weighted by atomic mass is 16.5. The average Bonchev–Trinajstić information content (AvgIpc) is 2.80. The maximum absolute atomic E-state index is 11.7. The van der Waals surface area contributed by atoms with Crippen LogP contribution in [0.1, 0.15) is 25.0 Å². The van der Waals surface area contributed by atoms with Gasteiger partial charge in [-0.25, -0.2) is 0 Å². The third-order valence-electron chi connectivity index (χ3n) is 2.47. The molecule has 0 N–H and O–H groups in total. The van der Waals surface area contributed by atoms with Gasteiger partial charge in [0, 0.05) is 18.4 Å². The van der Waals surface area contributed by atoms with Crippen LogP contribution in [-0.2, 0) is 16.0 Å². The number of rotatable bonds is 4. The molecule has 0 aromatic carbocycles. The van der Waals surface area contributed by atoms with Crippen molar-refractivity contribution in [2.24, 2.45) is 0 Å². The molecule has 0 atom stereocenters. The number of hydrogen-bond acceptors (Lipinski definition) is 3. The van der Waals surface area contributed by atoms with Crippen molar-refractivity contribution < 1.29 is 13.9 Å². The predicted octanol–water partition coefficient (Wildman–Crippen LogP) is 2.48. The minimum Gasteiger partial charge on any atom is -0.501 e. The number of Topliss-reactive ketones (excluding diaryl/α,β-unsaturated/α-hetero) is 1. The summed E-state index contributed by atoms with van der Waals surface area (Å²) in [4.78, 5) is 11.7. The van der Waals surface area contributed by atoms with Gasteiger partial charge in [-0.15, -0.1) is 0 Å². The number of allylic oxidation sites excluding steroid dienone is 1. The van der Waals surface area contributed by atoms with Crippen LogP contribution in [-0.4, -0.2) is 12.4 Å². The summed E-state index contributed by atoms with van der Waals surface area (Å²) in [5.74, 6) is 1.03. The van der Waals surface area contributed by atoms with Crippen molar-refractivity contribution in [1.29, 1.82) is 0 Å². The largest absolute Gasteiger partial charge is 0.501 e. The van der Waals surface area contributed by atoms with E-state index in [4.69, 9.17) is 9.15 Å². The Morgan fingerprint density at radius 3 is 3.07 bits per heavy atom. The average molecular weight is 206 g/mol. The van der Waals surface area contributed by atoms with Gasteiger partial charge in [-0.1, -0.05) is 0 Å². The molecule has 0 bridgehead atoms. The lowest BCUT2D eigenvalue weighted by Crippen LogP contribution is -2.09. The molecule has 0 saturated carbocycles. The Kier molecular flexibility index (Phi) is 3.22. The molecule has 1 aliphatic heterocycles. The van der Waals surface area contributed by atoms with Gasteiger partial charge in [-0.05, 0) is 25.0 Å². The zero-order chi connectivity index (χ0) is 10.5. The summed E-state index contributed by atoms with van der Waals surface area (Å²) >= 11 is 0. The Balaban J connectivity index is 1.84. The van der Waals surface area contributed by atoms with Gasteiger partial charge < -0.3 is 9.15 Å². The Bertz CT molecular complexity index is 349. The van der Waals surface area contributed by atoms with Crippen LogP contribution in [0.25, 0.3) is 0 Å². The number of ketones is 1. The minimum atomic E-state index is 0.172. The molecule has 15 heavy (non-hydrogen) atoms. The minimum absolute atomic E-state index is 0.172. The number of carbonyl (C=O) groups is 1. The van der Waals surface area contributed by atoms with E-state index in [1.54, 1.807) is 12.5 Å². The van der Waals surface area contributed by atoms with Crippen LogP contribution in [0.3, 0.4) is 0 Å². The second-order valence-electron chi connectivity index (χ2n) is 3.62. The first-order chi connectivity index (χ1) is 7.36. The zero-order valence-electron chi connectivity index (χ0n) is 8.57. The van der Waals surface area contributed by atoms with Gasteiger partial charge in [0.05, 0.1) is 19.1 Å². The maximum Gasteiger partial charge on any atom is 0.162 e. The van der Waals surface area contributed by atoms with Crippen LogP contribution in [0, 0.1) is 0 Å². The first kappa shape index (κ1) is 10.0. The standard InChI is InChI=1S/C12H14O3/c13-12(10-3-1-7-14-9-10)6-5-11-4-2-8-15-11/h2,4,8-9H,1,3,5-7H2. The smallest absolute Gasteiger partial charge is 0.162 e. The zero-order valence-corrected chi connectivity index (χ0v) is 8.57. The fourth-order valence-corrected chi connectivity index (χ4v) is 1.62. The van der Waals surface area contributed by atoms with Crippen LogP contribution >= 0.6 is 0 Å². The van der Waals surface area contributed by atoms with Crippen molar-refractivity contribution in [3.63, 3.8) is 0 Å². The molecule has 0 amide bonds. The number of hydrogen-bond donors (Lipinski definition) is 0. The molecule has 0 radical (unpaired) electrons. The van der Waals surface area contributed by atoms with Gasteiger partial charge in [-0.2, -0.15) is 0 Å². The second-order valence-corrected chi connectivity index (χ2v) is 3.62. The molecular formula is C12H14O3. The third kappa shape index (κ3) is 2.72. The fraction of sp³-hybridized carbons (Fsp3) is 0.417. The summed E-state index contributed by atoms with van der Waals surface area (Å²) in [6, 6.07) is 3.72. The van der Waals surface area contributed by atoms with Crippen molar-refractivity contribution in [2.45, 2.75) is 25.7 Å². The summed E-state index contributed by atoms with van der Waals surface area (Å²) < 4.78 is 10.3. The van der Waals surface area contributed by atoms with E-state index in [1.807, 2.05) is 12.1 Å². The molecule has 0 aliphatic carbocycles. The summed E-state index contributed by atoms with van der Waals surface area (Å²) in [6.45, 7) is 0.731. The number of ether oxygens (including phenoxy) is 1. The van der Waals surface area contributed by atoms with Crippen molar-refractivity contribution in [3.05, 3.63) is 36.0 Å². The van der Waals surface area contributed by atoms with E-state index in [-0.39, 0.29) is 5.78 Å². The fourth-order valence-electron chi connectivity index (χ4n) is 1.62. The Morgan fingerprint density at radius 1 is 1.47 bits per heavy atom. The van der Waals surface area contributed by atoms with Crippen LogP contribution < -0.4 is 0 Å². The van der Waals surface area contributed by atoms with Gasteiger partial charge >= 0.3 is 0 Å². The summed E-state index contributed by atoms with van der Waals surface area (Å²) in [6.07, 6.45) is 6.19. The number of furan rings is 1. The van der Waals surface area contributed by atoms with Gasteiger partial charge in [0.2, 0.25) is 0 Å². The van der Waals surface area contributed by atoms with E-state index in [1.165, 1.54) is 0 Å². The first-order valence-corrected chi connectivity index (χ1v) is 5.22. The quantitative estimate of drug-likeness (QED) is 0.759. The van der Waals surface area contributed by atoms with E-state index in [0.717, 1.165) is 30.8 Å². The monoisotopic (exact) mass is 206 g/mol. The molecule has 2 rings (SSSR count). The number of aryl methyl sites for hydroxylation is 1. The summed E-state index contributed by atoms with van der Waals surface area (Å²) in [5, 5.41) is 0. The van der Waals surface area contributed by atoms with Gasteiger partial charge in [0.1, 0.15) is 5.76 Å². The molecule has 0 saturated heterocycles. The van der Waals surface area contributed by atoms with Crippen LogP contribution in [0.4, 0.5) is 0 Å². The van der Waals surface area contributed by atoms with Crippen LogP contribution in [0.15, 0.2) is 34.6 Å². The summed E-state index contributed by atoms with van der Waals surface area (Å²) in [5.41, 5.74) is 0.813. The van der Waals surface area contributed by atoms with Gasteiger partial charge in [0.15, 0.2) is 5.78 Å². The molecule has 2 heterocycles. The van der Waals surface area contributed by atoms with E-state index in [2.05, 4.69) is 0 Å². The van der Waals surface area contributed by atoms with Gasteiger partial charge in [0.25, 0.3) is 0 Å². The highest BCUT2D eigenvalue weighted by Crippen LogP contribution is 2.15. The van der Waals surface area contributed by atoms with Crippen LogP contribution in [0.5, 0.6) is 0 Å². The second kappa shape index (κ2) is 4.82. The normalized spacial score (nSPS) is 15.6. The lowest BCUT2D eigenvalue weighted by Gasteiger charge is -2.11. The number of carbonyl (C=O) groups excluding carboxylic acids is 1. The lowest BCUT2D eigenvalue weighted by molar-refractivity contribution is -0.116. The van der Waals surface area contributed by atoms with Crippen molar-refractivity contribution in [1.82, 2.24) is 0 Å². The molecule has 0 fully saturated rings. The van der Waals surface area contributed by atoms with E-state index in [9.17, 15) is 4.79 Å². The highest BCUT2D eigenvalue weighted by molar-refractivity contribution is 5.95. The molecule has 1 aromatic rings. The molecule has 1 aromatic heterocycles. The highest BCUT2D eigenvalue weighted by Gasteiger charge is 2.13. The molecule has 0 unspecified atom stereocenters. The van der Waals surface area contributed by atoms with E-state index in [0.29, 0.717) is 12.8 Å². The maximum atomic E-state index is 11.7. The SMILES string of the molecule is O=C(CCc1ccco1)C1=COCCC1. The summed E-state index contributed by atoms with van der Waals surface area (Å²) in [7, 11) is 0. The third-order valence-corrected chi connectivity index (χ3v) is 2.47. The van der Waals surface area contributed by atoms with E-state index < -0.39 is 0 Å². The lowest BCUT2D eigenvalue weighted by atomic mass is 10.0. The van der Waals surface area contributed by atoms with Gasteiger partial charge in [-0.3, -0.25) is 4.79 Å². The van der Waals surface area contributed by atoms with E-state index >= 15 is 0 Å². The van der Waals surface area contributed by atoms with Crippen molar-refractivity contribution >= 4 is 5.78 Å². The molecular weight excluding hydrogens is 192 g/mol. The van der Waals surface area contributed by atoms with Crippen molar-refractivity contribution in [3.8, 4) is 0 Å². The topological polar surface area (TPSA) is 39.4 Å². The Hall–Kier alpha value is -1.51. The molecule has 3 heteroatoms. The molecule has 80 valence electrons. The predicted molar refractivity (Wildman–Crippen MR) is 55.3 cm³/mol. The molecule has 1 aliphatic rings. The molecule has 3 nitrogen and oxygen atoms in total. The van der Waals surface area contributed by atoms with Crippen LogP contribution in [0.2, 0.25) is 0 Å². The Labute approximate surface area is 88.7 Å². The Morgan fingerprint density at radius 2 is 2.40 bits per heavy atom. The van der Waals surface area contributed by atoms with Crippen molar-refractivity contribution in [2.75, 3.05) is 6.61 Å².